The van der Waals surface area contributed by atoms with E-state index in [0.29, 0.717) is 0 Å². The Labute approximate surface area is 135 Å². The first-order valence-electron chi connectivity index (χ1n) is 8.23. The largest absolute Gasteiger partial charge is 0.361 e. The molecule has 4 heteroatoms. The minimum Gasteiger partial charge on any atom is -0.361 e. The zero-order valence-electron chi connectivity index (χ0n) is 13.9. The number of aromatic nitrogens is 3. The Morgan fingerprint density at radius 3 is 2.74 bits per heavy atom. The van der Waals surface area contributed by atoms with Gasteiger partial charge in [-0.3, -0.25) is 0 Å². The highest BCUT2D eigenvalue weighted by Crippen LogP contribution is 2.36. The fourth-order valence-corrected chi connectivity index (χ4v) is 3.66. The number of imidazole rings is 1. The van der Waals surface area contributed by atoms with Crippen LogP contribution in [0, 0.1) is 13.8 Å². The average molecular weight is 307 g/mol. The number of benzene rings is 1. The van der Waals surface area contributed by atoms with Crippen molar-refractivity contribution in [3.8, 4) is 11.1 Å². The van der Waals surface area contributed by atoms with Crippen LogP contribution in [0.2, 0.25) is 0 Å². The molecule has 0 radical (unpaired) electrons. The van der Waals surface area contributed by atoms with Gasteiger partial charge in [-0.05, 0) is 62.8 Å². The van der Waals surface area contributed by atoms with E-state index in [9.17, 15) is 0 Å². The van der Waals surface area contributed by atoms with E-state index in [1.165, 1.54) is 35.9 Å². The Balaban J connectivity index is 2.00. The summed E-state index contributed by atoms with van der Waals surface area (Å²) in [6, 6.07) is 4.43. The van der Waals surface area contributed by atoms with E-state index >= 15 is 0 Å². The van der Waals surface area contributed by atoms with Crippen molar-refractivity contribution < 1.29 is 4.52 Å². The van der Waals surface area contributed by atoms with E-state index in [-0.39, 0.29) is 0 Å². The molecule has 1 aliphatic carbocycles. The highest BCUT2D eigenvalue weighted by molar-refractivity contribution is 5.94. The zero-order chi connectivity index (χ0) is 16.0. The summed E-state index contributed by atoms with van der Waals surface area (Å²) in [6.45, 7) is 3.96. The maximum Gasteiger partial charge on any atom is 0.141 e. The second-order valence-corrected chi connectivity index (χ2v) is 6.42. The predicted molar refractivity (Wildman–Crippen MR) is 92.1 cm³/mol. The third kappa shape index (κ3) is 2.29. The van der Waals surface area contributed by atoms with Gasteiger partial charge in [0, 0.05) is 18.2 Å². The molecule has 1 aliphatic rings. The molecule has 23 heavy (non-hydrogen) atoms. The average Bonchev–Trinajstić information content (AvgIpc) is 3.10. The van der Waals surface area contributed by atoms with Gasteiger partial charge >= 0.3 is 0 Å². The van der Waals surface area contributed by atoms with Gasteiger partial charge in [0.15, 0.2) is 0 Å². The van der Waals surface area contributed by atoms with E-state index in [4.69, 9.17) is 4.52 Å². The van der Waals surface area contributed by atoms with Crippen LogP contribution < -0.4 is 0 Å². The molecular formula is C19H21N3O. The van der Waals surface area contributed by atoms with Crippen molar-refractivity contribution in [1.82, 2.24) is 14.7 Å². The second-order valence-electron chi connectivity index (χ2n) is 6.42. The van der Waals surface area contributed by atoms with E-state index in [1.54, 1.807) is 0 Å². The molecule has 1 aromatic carbocycles. The van der Waals surface area contributed by atoms with Crippen molar-refractivity contribution in [2.75, 3.05) is 0 Å². The summed E-state index contributed by atoms with van der Waals surface area (Å²) in [5.41, 5.74) is 8.17. The number of hydrogen-bond acceptors (Lipinski definition) is 3. The van der Waals surface area contributed by atoms with Gasteiger partial charge in [0.2, 0.25) is 0 Å². The van der Waals surface area contributed by atoms with E-state index in [0.717, 1.165) is 34.5 Å². The smallest absolute Gasteiger partial charge is 0.141 e. The van der Waals surface area contributed by atoms with Crippen molar-refractivity contribution >= 4 is 16.6 Å². The lowest BCUT2D eigenvalue weighted by Crippen LogP contribution is -1.97. The van der Waals surface area contributed by atoms with E-state index < -0.39 is 0 Å². The van der Waals surface area contributed by atoms with Gasteiger partial charge in [0.25, 0.3) is 0 Å². The highest BCUT2D eigenvalue weighted by atomic mass is 16.5. The standard InChI is InChI=1S/C19H21N3O/c1-12-18(13(2)23-21-12)15-9-16(14-7-5-4-6-8-14)19-17(10-15)20-11-22(19)3/h7,9-11H,4-6,8H2,1-3H3. The van der Waals surface area contributed by atoms with Gasteiger partial charge in [-0.2, -0.15) is 0 Å². The number of hydrogen-bond donors (Lipinski definition) is 0. The molecule has 0 saturated carbocycles. The van der Waals surface area contributed by atoms with Crippen molar-refractivity contribution in [2.24, 2.45) is 7.05 Å². The summed E-state index contributed by atoms with van der Waals surface area (Å²) >= 11 is 0. The Hall–Kier alpha value is -2.36. The molecule has 0 atom stereocenters. The SMILES string of the molecule is Cc1noc(C)c1-c1cc(C2=CCCCC2)c2c(c1)ncn2C. The first-order valence-corrected chi connectivity index (χ1v) is 8.23. The molecule has 3 aromatic rings. The third-order valence-corrected chi connectivity index (χ3v) is 4.77. The number of rotatable bonds is 2. The number of allylic oxidation sites excluding steroid dienone is 2. The summed E-state index contributed by atoms with van der Waals surface area (Å²) in [5, 5.41) is 4.10. The summed E-state index contributed by atoms with van der Waals surface area (Å²) in [6.07, 6.45) is 9.16. The van der Waals surface area contributed by atoms with Crippen LogP contribution in [-0.4, -0.2) is 14.7 Å². The van der Waals surface area contributed by atoms with Crippen molar-refractivity contribution in [2.45, 2.75) is 39.5 Å². The topological polar surface area (TPSA) is 43.9 Å². The minimum absolute atomic E-state index is 0.862. The summed E-state index contributed by atoms with van der Waals surface area (Å²) in [5.74, 6) is 0.862. The van der Waals surface area contributed by atoms with Crippen LogP contribution in [0.5, 0.6) is 0 Å². The fraction of sp³-hybridized carbons (Fsp3) is 0.368. The molecule has 2 heterocycles. The zero-order valence-corrected chi connectivity index (χ0v) is 13.9. The maximum absolute atomic E-state index is 5.36. The van der Waals surface area contributed by atoms with Crippen LogP contribution in [0.3, 0.4) is 0 Å². The molecule has 0 amide bonds. The van der Waals surface area contributed by atoms with Gasteiger partial charge in [0.05, 0.1) is 23.1 Å². The van der Waals surface area contributed by atoms with E-state index in [1.807, 2.05) is 20.2 Å². The molecular weight excluding hydrogens is 286 g/mol. The van der Waals surface area contributed by atoms with Crippen LogP contribution in [0.1, 0.15) is 42.7 Å². The van der Waals surface area contributed by atoms with Gasteiger partial charge in [-0.25, -0.2) is 4.98 Å². The van der Waals surface area contributed by atoms with Crippen LogP contribution in [0.15, 0.2) is 29.1 Å². The van der Waals surface area contributed by atoms with Gasteiger partial charge in [-0.1, -0.05) is 11.2 Å². The summed E-state index contributed by atoms with van der Waals surface area (Å²) in [4.78, 5) is 4.59. The molecule has 2 aromatic heterocycles. The Bertz CT molecular complexity index is 895. The monoisotopic (exact) mass is 307 g/mol. The summed E-state index contributed by atoms with van der Waals surface area (Å²) in [7, 11) is 2.07. The third-order valence-electron chi connectivity index (χ3n) is 4.77. The molecule has 0 bridgehead atoms. The molecule has 0 saturated heterocycles. The molecule has 0 fully saturated rings. The molecule has 4 nitrogen and oxygen atoms in total. The molecule has 4 rings (SSSR count). The van der Waals surface area contributed by atoms with Gasteiger partial charge in [0.1, 0.15) is 5.76 Å². The second kappa shape index (κ2) is 5.37. The first kappa shape index (κ1) is 14.2. The lowest BCUT2D eigenvalue weighted by molar-refractivity contribution is 0.393. The van der Waals surface area contributed by atoms with Crippen LogP contribution in [0.4, 0.5) is 0 Å². The van der Waals surface area contributed by atoms with Crippen LogP contribution >= 0.6 is 0 Å². The Morgan fingerprint density at radius 2 is 2.04 bits per heavy atom. The summed E-state index contributed by atoms with van der Waals surface area (Å²) < 4.78 is 7.48. The Kier molecular flexibility index (Phi) is 3.33. The first-order chi connectivity index (χ1) is 11.1. The molecule has 0 spiro atoms. The van der Waals surface area contributed by atoms with E-state index in [2.05, 4.69) is 40.0 Å². The quantitative estimate of drug-likeness (QED) is 0.683. The normalized spacial score (nSPS) is 15.2. The Morgan fingerprint density at radius 1 is 1.17 bits per heavy atom. The number of nitrogens with zero attached hydrogens (tertiary/aromatic N) is 3. The van der Waals surface area contributed by atoms with Crippen LogP contribution in [-0.2, 0) is 7.05 Å². The lowest BCUT2D eigenvalue weighted by Gasteiger charge is -2.16. The predicted octanol–water partition coefficient (Wildman–Crippen LogP) is 4.80. The van der Waals surface area contributed by atoms with Crippen molar-refractivity contribution in [1.29, 1.82) is 0 Å². The van der Waals surface area contributed by atoms with Crippen molar-refractivity contribution in [3.63, 3.8) is 0 Å². The molecule has 0 aliphatic heterocycles. The van der Waals surface area contributed by atoms with Crippen LogP contribution in [0.25, 0.3) is 27.7 Å². The maximum atomic E-state index is 5.36. The lowest BCUT2D eigenvalue weighted by atomic mass is 9.90. The minimum atomic E-state index is 0.862. The number of aryl methyl sites for hydroxylation is 3. The molecule has 0 N–H and O–H groups in total. The van der Waals surface area contributed by atoms with Gasteiger partial charge in [-0.15, -0.1) is 0 Å². The number of fused-ring (bicyclic) bond motifs is 1. The fourth-order valence-electron chi connectivity index (χ4n) is 3.66. The highest BCUT2D eigenvalue weighted by Gasteiger charge is 2.18. The molecule has 0 unspecified atom stereocenters. The molecule has 118 valence electrons. The van der Waals surface area contributed by atoms with Crippen molar-refractivity contribution in [3.05, 3.63) is 41.6 Å². The van der Waals surface area contributed by atoms with Gasteiger partial charge < -0.3 is 9.09 Å².